The second-order valence-electron chi connectivity index (χ2n) is 6.32. The fourth-order valence-corrected chi connectivity index (χ4v) is 4.31. The number of anilines is 1. The Morgan fingerprint density at radius 3 is 3.04 bits per heavy atom. The molecule has 1 atom stereocenters. The first kappa shape index (κ1) is 15.4. The van der Waals surface area contributed by atoms with Crippen molar-refractivity contribution in [3.8, 4) is 0 Å². The van der Waals surface area contributed by atoms with Crippen molar-refractivity contribution in [3.05, 3.63) is 40.3 Å². The standard InChI is InChI=1S/C17H21N5OS/c23-17(22-9-4-15-13(11-22)5-10-24-15)20-14-3-1-8-21(12-14)16-18-6-2-7-19-16/h2,5-7,10,14H,1,3-4,8-9,11-12H2,(H,20,23)/t14-/m0/s1. The number of rotatable bonds is 2. The lowest BCUT2D eigenvalue weighted by molar-refractivity contribution is 0.187. The van der Waals surface area contributed by atoms with Gasteiger partial charge in [-0.05, 0) is 42.3 Å². The summed E-state index contributed by atoms with van der Waals surface area (Å²) in [5, 5.41) is 5.32. The smallest absolute Gasteiger partial charge is 0.317 e. The molecule has 0 bridgehead atoms. The highest BCUT2D eigenvalue weighted by atomic mass is 32.1. The predicted octanol–water partition coefficient (Wildman–Crippen LogP) is 2.27. The number of fused-ring (bicyclic) bond motifs is 1. The van der Waals surface area contributed by atoms with Crippen molar-refractivity contribution in [2.24, 2.45) is 0 Å². The lowest BCUT2D eigenvalue weighted by Gasteiger charge is -2.35. The Bertz CT molecular complexity index is 704. The maximum Gasteiger partial charge on any atom is 0.317 e. The monoisotopic (exact) mass is 343 g/mol. The molecule has 1 saturated heterocycles. The van der Waals surface area contributed by atoms with Crippen molar-refractivity contribution in [3.63, 3.8) is 0 Å². The van der Waals surface area contributed by atoms with E-state index in [1.165, 1.54) is 10.4 Å². The van der Waals surface area contributed by atoms with Gasteiger partial charge < -0.3 is 15.1 Å². The molecule has 1 N–H and O–H groups in total. The zero-order valence-corrected chi connectivity index (χ0v) is 14.3. The van der Waals surface area contributed by atoms with Crippen molar-refractivity contribution >= 4 is 23.3 Å². The fourth-order valence-electron chi connectivity index (χ4n) is 3.42. The van der Waals surface area contributed by atoms with Crippen LogP contribution in [0.1, 0.15) is 23.3 Å². The molecule has 0 saturated carbocycles. The molecule has 0 radical (unpaired) electrons. The molecule has 2 aliphatic heterocycles. The number of carbonyl (C=O) groups excluding carboxylic acids is 1. The highest BCUT2D eigenvalue weighted by Gasteiger charge is 2.26. The van der Waals surface area contributed by atoms with Gasteiger partial charge in [-0.2, -0.15) is 0 Å². The molecule has 2 aliphatic rings. The van der Waals surface area contributed by atoms with Crippen LogP contribution in [0.2, 0.25) is 0 Å². The van der Waals surface area contributed by atoms with E-state index >= 15 is 0 Å². The van der Waals surface area contributed by atoms with Crippen LogP contribution in [-0.2, 0) is 13.0 Å². The molecule has 2 aromatic heterocycles. The predicted molar refractivity (Wildman–Crippen MR) is 94.2 cm³/mol. The average Bonchev–Trinajstić information content (AvgIpc) is 3.10. The van der Waals surface area contributed by atoms with Crippen molar-refractivity contribution < 1.29 is 4.79 Å². The van der Waals surface area contributed by atoms with Crippen LogP contribution in [0, 0.1) is 0 Å². The van der Waals surface area contributed by atoms with E-state index in [1.807, 2.05) is 11.0 Å². The number of nitrogens with zero attached hydrogens (tertiary/aromatic N) is 4. The molecule has 2 aromatic rings. The Morgan fingerprint density at radius 2 is 2.17 bits per heavy atom. The van der Waals surface area contributed by atoms with Gasteiger partial charge in [0.05, 0.1) is 0 Å². The summed E-state index contributed by atoms with van der Waals surface area (Å²) < 4.78 is 0. The van der Waals surface area contributed by atoms with Gasteiger partial charge in [0.2, 0.25) is 5.95 Å². The van der Waals surface area contributed by atoms with E-state index < -0.39 is 0 Å². The van der Waals surface area contributed by atoms with Crippen LogP contribution in [0.15, 0.2) is 29.9 Å². The number of amides is 2. The third kappa shape index (κ3) is 3.21. The third-order valence-corrected chi connectivity index (χ3v) is 5.70. The summed E-state index contributed by atoms with van der Waals surface area (Å²) in [4.78, 5) is 26.7. The summed E-state index contributed by atoms with van der Waals surface area (Å²) in [5.41, 5.74) is 1.30. The van der Waals surface area contributed by atoms with E-state index in [0.717, 1.165) is 51.4 Å². The van der Waals surface area contributed by atoms with Gasteiger partial charge in [0, 0.05) is 49.5 Å². The first-order valence-electron chi connectivity index (χ1n) is 8.42. The molecule has 0 aliphatic carbocycles. The van der Waals surface area contributed by atoms with E-state index in [0.29, 0.717) is 0 Å². The molecule has 0 aromatic carbocycles. The Labute approximate surface area is 145 Å². The zero-order chi connectivity index (χ0) is 16.4. The molecule has 4 rings (SSSR count). The fraction of sp³-hybridized carbons (Fsp3) is 0.471. The third-order valence-electron chi connectivity index (χ3n) is 4.68. The summed E-state index contributed by atoms with van der Waals surface area (Å²) in [6, 6.07) is 4.16. The molecule has 126 valence electrons. The van der Waals surface area contributed by atoms with Gasteiger partial charge in [-0.25, -0.2) is 14.8 Å². The van der Waals surface area contributed by atoms with Crippen molar-refractivity contribution in [1.29, 1.82) is 0 Å². The molecule has 4 heterocycles. The van der Waals surface area contributed by atoms with Crippen LogP contribution in [-0.4, -0.2) is 46.6 Å². The number of carbonyl (C=O) groups is 1. The number of urea groups is 1. The topological polar surface area (TPSA) is 61.4 Å². The minimum Gasteiger partial charge on any atom is -0.339 e. The number of nitrogens with one attached hydrogen (secondary N) is 1. The van der Waals surface area contributed by atoms with Gasteiger partial charge >= 0.3 is 6.03 Å². The van der Waals surface area contributed by atoms with E-state index in [-0.39, 0.29) is 12.1 Å². The van der Waals surface area contributed by atoms with Crippen molar-refractivity contribution in [2.45, 2.75) is 31.8 Å². The SMILES string of the molecule is O=C(N[C@H]1CCCN(c2ncccn2)C1)N1CCc2sccc2C1. The highest BCUT2D eigenvalue weighted by molar-refractivity contribution is 7.10. The van der Waals surface area contributed by atoms with Crippen LogP contribution < -0.4 is 10.2 Å². The lowest BCUT2D eigenvalue weighted by atomic mass is 10.1. The molecular formula is C17H21N5OS. The van der Waals surface area contributed by atoms with Crippen molar-refractivity contribution in [2.75, 3.05) is 24.5 Å². The van der Waals surface area contributed by atoms with E-state index in [4.69, 9.17) is 0 Å². The first-order valence-corrected chi connectivity index (χ1v) is 9.30. The number of piperidine rings is 1. The Kier molecular flexibility index (Phi) is 4.34. The summed E-state index contributed by atoms with van der Waals surface area (Å²) in [6.07, 6.45) is 6.53. The number of thiophene rings is 1. The van der Waals surface area contributed by atoms with Crippen LogP contribution >= 0.6 is 11.3 Å². The molecule has 7 heteroatoms. The largest absolute Gasteiger partial charge is 0.339 e. The Hall–Kier alpha value is -2.15. The van der Waals surface area contributed by atoms with Crippen LogP contribution in [0.25, 0.3) is 0 Å². The normalized spacial score (nSPS) is 20.6. The molecule has 2 amide bonds. The van der Waals surface area contributed by atoms with Crippen LogP contribution in [0.5, 0.6) is 0 Å². The lowest BCUT2D eigenvalue weighted by Crippen LogP contribution is -2.52. The first-order chi connectivity index (χ1) is 11.8. The van der Waals surface area contributed by atoms with Gasteiger partial charge in [-0.3, -0.25) is 0 Å². The molecule has 6 nitrogen and oxygen atoms in total. The van der Waals surface area contributed by atoms with Crippen molar-refractivity contribution in [1.82, 2.24) is 20.2 Å². The molecule has 0 spiro atoms. The van der Waals surface area contributed by atoms with Gasteiger partial charge in [-0.15, -0.1) is 11.3 Å². The maximum atomic E-state index is 12.6. The van der Waals surface area contributed by atoms with Gasteiger partial charge in [0.15, 0.2) is 0 Å². The molecular weight excluding hydrogens is 322 g/mol. The van der Waals surface area contributed by atoms with Gasteiger partial charge in [0.1, 0.15) is 0 Å². The van der Waals surface area contributed by atoms with Crippen LogP contribution in [0.3, 0.4) is 0 Å². The summed E-state index contributed by atoms with van der Waals surface area (Å²) in [7, 11) is 0. The van der Waals surface area contributed by atoms with Crippen LogP contribution in [0.4, 0.5) is 10.7 Å². The quantitative estimate of drug-likeness (QED) is 0.909. The highest BCUT2D eigenvalue weighted by Crippen LogP contribution is 2.24. The Morgan fingerprint density at radius 1 is 1.29 bits per heavy atom. The second-order valence-corrected chi connectivity index (χ2v) is 7.32. The van der Waals surface area contributed by atoms with Gasteiger partial charge in [0.25, 0.3) is 0 Å². The van der Waals surface area contributed by atoms with E-state index in [9.17, 15) is 4.79 Å². The molecule has 1 fully saturated rings. The summed E-state index contributed by atoms with van der Waals surface area (Å²) >= 11 is 1.79. The average molecular weight is 343 g/mol. The van der Waals surface area contributed by atoms with E-state index in [1.54, 1.807) is 23.7 Å². The second kappa shape index (κ2) is 6.76. The number of hydrogen-bond acceptors (Lipinski definition) is 5. The molecule has 24 heavy (non-hydrogen) atoms. The maximum absolute atomic E-state index is 12.6. The summed E-state index contributed by atoms with van der Waals surface area (Å²) in [5.74, 6) is 0.748. The Balaban J connectivity index is 1.36. The number of hydrogen-bond donors (Lipinski definition) is 1. The number of aromatic nitrogens is 2. The minimum absolute atomic E-state index is 0.0488. The molecule has 0 unspecified atom stereocenters. The van der Waals surface area contributed by atoms with E-state index in [2.05, 4.69) is 31.6 Å². The minimum atomic E-state index is 0.0488. The summed E-state index contributed by atoms with van der Waals surface area (Å²) in [6.45, 7) is 3.24. The van der Waals surface area contributed by atoms with Gasteiger partial charge in [-0.1, -0.05) is 0 Å². The zero-order valence-electron chi connectivity index (χ0n) is 13.5.